The summed E-state index contributed by atoms with van der Waals surface area (Å²) in [6, 6.07) is 6.89. The summed E-state index contributed by atoms with van der Waals surface area (Å²) in [6.45, 7) is 0.153. The van der Waals surface area contributed by atoms with Crippen molar-refractivity contribution >= 4 is 11.9 Å². The molecule has 1 aromatic heterocycles. The van der Waals surface area contributed by atoms with Crippen molar-refractivity contribution < 1.29 is 19.1 Å². The van der Waals surface area contributed by atoms with Gasteiger partial charge in [0.1, 0.15) is 6.61 Å². The van der Waals surface area contributed by atoms with Crippen LogP contribution in [0.1, 0.15) is 33.8 Å². The Morgan fingerprint density at radius 1 is 1.39 bits per heavy atom. The Balaban J connectivity index is 1.55. The molecule has 1 aliphatic rings. The Kier molecular flexibility index (Phi) is 4.14. The maximum Gasteiger partial charge on any atom is 0.337 e. The SMILES string of the molecule is COC(=O)c1cccc(COC(=O)[C@@H]2C[C@H]2c2cnn(C)c2)c1. The summed E-state index contributed by atoms with van der Waals surface area (Å²) in [7, 11) is 3.19. The highest BCUT2D eigenvalue weighted by molar-refractivity contribution is 5.89. The molecule has 2 aromatic rings. The van der Waals surface area contributed by atoms with E-state index < -0.39 is 5.97 Å². The highest BCUT2D eigenvalue weighted by atomic mass is 16.5. The molecule has 6 heteroatoms. The van der Waals surface area contributed by atoms with Crippen LogP contribution < -0.4 is 0 Å². The largest absolute Gasteiger partial charge is 0.465 e. The fourth-order valence-corrected chi connectivity index (χ4v) is 2.62. The van der Waals surface area contributed by atoms with Crippen molar-refractivity contribution in [1.82, 2.24) is 9.78 Å². The van der Waals surface area contributed by atoms with Gasteiger partial charge >= 0.3 is 11.9 Å². The van der Waals surface area contributed by atoms with E-state index in [2.05, 4.69) is 9.84 Å². The Morgan fingerprint density at radius 3 is 2.91 bits per heavy atom. The number of hydrogen-bond acceptors (Lipinski definition) is 5. The second-order valence-electron chi connectivity index (χ2n) is 5.70. The first-order valence-electron chi connectivity index (χ1n) is 7.41. The minimum absolute atomic E-state index is 0.0945. The first kappa shape index (κ1) is 15.3. The number of hydrogen-bond donors (Lipinski definition) is 0. The predicted molar refractivity (Wildman–Crippen MR) is 81.6 cm³/mol. The minimum atomic E-state index is -0.406. The Labute approximate surface area is 134 Å². The maximum atomic E-state index is 12.1. The van der Waals surface area contributed by atoms with Crippen LogP contribution in [-0.2, 0) is 27.9 Å². The van der Waals surface area contributed by atoms with Gasteiger partial charge in [0.05, 0.1) is 24.8 Å². The molecule has 1 saturated carbocycles. The first-order valence-corrected chi connectivity index (χ1v) is 7.41. The Bertz CT molecular complexity index is 738. The summed E-state index contributed by atoms with van der Waals surface area (Å²) in [5, 5.41) is 4.12. The topological polar surface area (TPSA) is 70.4 Å². The minimum Gasteiger partial charge on any atom is -0.465 e. The van der Waals surface area contributed by atoms with Gasteiger partial charge in [-0.05, 0) is 29.7 Å². The van der Waals surface area contributed by atoms with Crippen molar-refractivity contribution in [3.63, 3.8) is 0 Å². The van der Waals surface area contributed by atoms with Crippen LogP contribution in [0.3, 0.4) is 0 Å². The van der Waals surface area contributed by atoms with E-state index in [1.807, 2.05) is 19.3 Å². The van der Waals surface area contributed by atoms with Gasteiger partial charge in [-0.1, -0.05) is 12.1 Å². The van der Waals surface area contributed by atoms with Gasteiger partial charge in [-0.25, -0.2) is 4.79 Å². The summed E-state index contributed by atoms with van der Waals surface area (Å²) in [6.07, 6.45) is 4.52. The van der Waals surface area contributed by atoms with Crippen molar-refractivity contribution in [1.29, 1.82) is 0 Å². The quantitative estimate of drug-likeness (QED) is 0.790. The van der Waals surface area contributed by atoms with Gasteiger partial charge in [0, 0.05) is 19.2 Å². The van der Waals surface area contributed by atoms with Crippen LogP contribution >= 0.6 is 0 Å². The smallest absolute Gasteiger partial charge is 0.337 e. The standard InChI is InChI=1S/C17H18N2O4/c1-19-9-13(8-18-19)14-7-15(14)17(21)23-10-11-4-3-5-12(6-11)16(20)22-2/h3-6,8-9,14-15H,7,10H2,1-2H3/t14-,15+/m0/s1. The number of ether oxygens (including phenoxy) is 2. The van der Waals surface area contributed by atoms with Crippen molar-refractivity contribution in [3.05, 3.63) is 53.3 Å². The molecule has 0 saturated heterocycles. The number of carbonyl (C=O) groups is 2. The summed E-state index contributed by atoms with van der Waals surface area (Å²) in [5.41, 5.74) is 2.28. The van der Waals surface area contributed by atoms with Crippen molar-refractivity contribution in [2.75, 3.05) is 7.11 Å². The van der Waals surface area contributed by atoms with Gasteiger partial charge in [-0.2, -0.15) is 5.10 Å². The summed E-state index contributed by atoms with van der Waals surface area (Å²) in [4.78, 5) is 23.6. The van der Waals surface area contributed by atoms with E-state index in [1.165, 1.54) is 7.11 Å². The van der Waals surface area contributed by atoms with E-state index in [4.69, 9.17) is 4.74 Å². The first-order chi connectivity index (χ1) is 11.1. The lowest BCUT2D eigenvalue weighted by Crippen LogP contribution is -2.08. The average Bonchev–Trinajstić information content (AvgIpc) is 3.26. The molecule has 0 spiro atoms. The number of rotatable bonds is 5. The van der Waals surface area contributed by atoms with E-state index in [9.17, 15) is 9.59 Å². The Morgan fingerprint density at radius 2 is 2.22 bits per heavy atom. The molecule has 120 valence electrons. The molecular formula is C17H18N2O4. The lowest BCUT2D eigenvalue weighted by atomic mass is 10.1. The zero-order valence-electron chi connectivity index (χ0n) is 13.1. The third kappa shape index (κ3) is 3.41. The number of aryl methyl sites for hydroxylation is 1. The van der Waals surface area contributed by atoms with Crippen LogP contribution in [0.4, 0.5) is 0 Å². The van der Waals surface area contributed by atoms with E-state index in [0.29, 0.717) is 5.56 Å². The fourth-order valence-electron chi connectivity index (χ4n) is 2.62. The lowest BCUT2D eigenvalue weighted by Gasteiger charge is -2.06. The number of aromatic nitrogens is 2. The number of benzene rings is 1. The molecular weight excluding hydrogens is 296 g/mol. The van der Waals surface area contributed by atoms with Crippen LogP contribution in [0.5, 0.6) is 0 Å². The normalized spacial score (nSPS) is 19.2. The monoisotopic (exact) mass is 314 g/mol. The van der Waals surface area contributed by atoms with Crippen molar-refractivity contribution in [2.45, 2.75) is 18.9 Å². The van der Waals surface area contributed by atoms with E-state index in [1.54, 1.807) is 29.1 Å². The van der Waals surface area contributed by atoms with Gasteiger partial charge < -0.3 is 9.47 Å². The molecule has 0 amide bonds. The van der Waals surface area contributed by atoms with E-state index in [0.717, 1.165) is 17.5 Å². The van der Waals surface area contributed by atoms with Gasteiger partial charge in [0.25, 0.3) is 0 Å². The van der Waals surface area contributed by atoms with Crippen LogP contribution in [0.25, 0.3) is 0 Å². The van der Waals surface area contributed by atoms with Crippen LogP contribution in [0.2, 0.25) is 0 Å². The number of nitrogens with zero attached hydrogens (tertiary/aromatic N) is 2. The summed E-state index contributed by atoms with van der Waals surface area (Å²) in [5.74, 6) is -0.500. The molecule has 1 aliphatic carbocycles. The molecule has 2 atom stereocenters. The maximum absolute atomic E-state index is 12.1. The highest BCUT2D eigenvalue weighted by Crippen LogP contribution is 2.48. The third-order valence-electron chi connectivity index (χ3n) is 3.98. The number of esters is 2. The lowest BCUT2D eigenvalue weighted by molar-refractivity contribution is -0.146. The predicted octanol–water partition coefficient (Wildman–Crippen LogP) is 2.05. The second-order valence-corrected chi connectivity index (χ2v) is 5.70. The van der Waals surface area contributed by atoms with Gasteiger partial charge in [-0.3, -0.25) is 9.48 Å². The molecule has 1 fully saturated rings. The highest BCUT2D eigenvalue weighted by Gasteiger charge is 2.45. The molecule has 0 unspecified atom stereocenters. The zero-order valence-corrected chi connectivity index (χ0v) is 13.1. The van der Waals surface area contributed by atoms with Crippen molar-refractivity contribution in [3.8, 4) is 0 Å². The zero-order chi connectivity index (χ0) is 16.4. The molecule has 23 heavy (non-hydrogen) atoms. The molecule has 0 N–H and O–H groups in total. The van der Waals surface area contributed by atoms with Gasteiger partial charge in [-0.15, -0.1) is 0 Å². The van der Waals surface area contributed by atoms with Gasteiger partial charge in [0.15, 0.2) is 0 Å². The molecule has 3 rings (SSSR count). The second kappa shape index (κ2) is 6.24. The van der Waals surface area contributed by atoms with Crippen LogP contribution in [-0.4, -0.2) is 28.8 Å². The fraction of sp³-hybridized carbons (Fsp3) is 0.353. The molecule has 0 bridgehead atoms. The molecule has 0 radical (unpaired) electrons. The molecule has 6 nitrogen and oxygen atoms in total. The third-order valence-corrected chi connectivity index (χ3v) is 3.98. The molecule has 0 aliphatic heterocycles. The van der Waals surface area contributed by atoms with E-state index in [-0.39, 0.29) is 24.4 Å². The molecule has 1 aromatic carbocycles. The van der Waals surface area contributed by atoms with Crippen LogP contribution in [0, 0.1) is 5.92 Å². The Hall–Kier alpha value is -2.63. The summed E-state index contributed by atoms with van der Waals surface area (Å²) < 4.78 is 11.8. The number of carbonyl (C=O) groups excluding carboxylic acids is 2. The van der Waals surface area contributed by atoms with Gasteiger partial charge in [0.2, 0.25) is 0 Å². The van der Waals surface area contributed by atoms with Crippen LogP contribution in [0.15, 0.2) is 36.7 Å². The molecule has 1 heterocycles. The van der Waals surface area contributed by atoms with E-state index >= 15 is 0 Å². The number of methoxy groups -OCH3 is 1. The van der Waals surface area contributed by atoms with Crippen molar-refractivity contribution in [2.24, 2.45) is 13.0 Å². The average molecular weight is 314 g/mol. The summed E-state index contributed by atoms with van der Waals surface area (Å²) >= 11 is 0.